The smallest absolute Gasteiger partial charge is 0.325 e. The normalized spacial score (nSPS) is 17.4. The van der Waals surface area contributed by atoms with Gasteiger partial charge < -0.3 is 19.2 Å². The summed E-state index contributed by atoms with van der Waals surface area (Å²) in [4.78, 5) is 29.6. The number of likely N-dealkylation sites (tertiary alicyclic amines) is 1. The van der Waals surface area contributed by atoms with Crippen molar-refractivity contribution in [1.29, 1.82) is 0 Å². The lowest BCUT2D eigenvalue weighted by molar-refractivity contribution is -0.148. The Morgan fingerprint density at radius 1 is 1.19 bits per heavy atom. The van der Waals surface area contributed by atoms with E-state index in [1.54, 1.807) is 11.2 Å². The SMILES string of the molecule is COC(=O)CN(C(=O)Cc1cccc2occc12)[C@H](CN1CC[C@H](O)C1)c1ccccc1. The predicted octanol–water partition coefficient (Wildman–Crippen LogP) is 2.78. The van der Waals surface area contributed by atoms with Crippen LogP contribution in [-0.4, -0.2) is 66.2 Å². The molecule has 2 aromatic carbocycles. The van der Waals surface area contributed by atoms with Gasteiger partial charge in [0.2, 0.25) is 5.91 Å². The van der Waals surface area contributed by atoms with Crippen molar-refractivity contribution in [2.75, 3.05) is 33.3 Å². The van der Waals surface area contributed by atoms with Gasteiger partial charge in [-0.05, 0) is 29.7 Å². The highest BCUT2D eigenvalue weighted by Crippen LogP contribution is 2.27. The van der Waals surface area contributed by atoms with Crippen LogP contribution in [0.4, 0.5) is 0 Å². The number of β-amino-alcohol motifs (C(OH)–C–C–N with tert-alkyl or cyclic N) is 1. The van der Waals surface area contributed by atoms with E-state index in [0.717, 1.165) is 28.6 Å². The fourth-order valence-corrected chi connectivity index (χ4v) is 4.33. The van der Waals surface area contributed by atoms with Gasteiger partial charge in [0.1, 0.15) is 12.1 Å². The maximum absolute atomic E-state index is 13.6. The van der Waals surface area contributed by atoms with Gasteiger partial charge in [-0.25, -0.2) is 0 Å². The summed E-state index contributed by atoms with van der Waals surface area (Å²) in [5.74, 6) is -0.639. The number of ether oxygens (including phenoxy) is 1. The second-order valence-electron chi connectivity index (χ2n) is 8.15. The number of hydrogen-bond acceptors (Lipinski definition) is 6. The second-order valence-corrected chi connectivity index (χ2v) is 8.15. The van der Waals surface area contributed by atoms with Crippen molar-refractivity contribution in [2.24, 2.45) is 0 Å². The van der Waals surface area contributed by atoms with E-state index in [0.29, 0.717) is 19.5 Å². The van der Waals surface area contributed by atoms with E-state index in [1.807, 2.05) is 54.6 Å². The van der Waals surface area contributed by atoms with E-state index >= 15 is 0 Å². The van der Waals surface area contributed by atoms with E-state index in [-0.39, 0.29) is 31.0 Å². The number of carbonyl (C=O) groups excluding carboxylic acids is 2. The highest BCUT2D eigenvalue weighted by Gasteiger charge is 2.31. The van der Waals surface area contributed by atoms with Crippen molar-refractivity contribution >= 4 is 22.8 Å². The molecule has 2 heterocycles. The average molecular weight is 437 g/mol. The maximum Gasteiger partial charge on any atom is 0.325 e. The lowest BCUT2D eigenvalue weighted by Gasteiger charge is -2.34. The minimum Gasteiger partial charge on any atom is -0.468 e. The molecular weight excluding hydrogens is 408 g/mol. The molecular formula is C25H28N2O5. The molecule has 0 spiro atoms. The Bertz CT molecular complexity index is 1060. The largest absolute Gasteiger partial charge is 0.468 e. The molecule has 1 aromatic heterocycles. The number of carbonyl (C=O) groups is 2. The van der Waals surface area contributed by atoms with Crippen LogP contribution in [0.15, 0.2) is 65.3 Å². The van der Waals surface area contributed by atoms with Crippen molar-refractivity contribution in [1.82, 2.24) is 9.80 Å². The van der Waals surface area contributed by atoms with Crippen LogP contribution in [0.5, 0.6) is 0 Å². The van der Waals surface area contributed by atoms with Crippen LogP contribution < -0.4 is 0 Å². The van der Waals surface area contributed by atoms with E-state index < -0.39 is 5.97 Å². The van der Waals surface area contributed by atoms with Crippen LogP contribution in [0.1, 0.15) is 23.6 Å². The number of methoxy groups -OCH3 is 1. The Labute approximate surface area is 187 Å². The van der Waals surface area contributed by atoms with Crippen LogP contribution in [0, 0.1) is 0 Å². The first-order chi connectivity index (χ1) is 15.5. The number of furan rings is 1. The van der Waals surface area contributed by atoms with Gasteiger partial charge in [0.25, 0.3) is 0 Å². The number of esters is 1. The van der Waals surface area contributed by atoms with Crippen LogP contribution >= 0.6 is 0 Å². The second kappa shape index (κ2) is 9.97. The summed E-state index contributed by atoms with van der Waals surface area (Å²) >= 11 is 0. The summed E-state index contributed by atoms with van der Waals surface area (Å²) in [5.41, 5.74) is 2.51. The molecule has 4 rings (SSSR count). The summed E-state index contributed by atoms with van der Waals surface area (Å²) < 4.78 is 10.4. The standard InChI is InChI=1S/C25H28N2O5/c1-31-25(30)17-27(24(29)14-19-8-5-9-23-21(19)11-13-32-23)22(18-6-3-2-4-7-18)16-26-12-10-20(28)15-26/h2-9,11,13,20,22,28H,10,12,14-17H2,1H3/t20-,22+/m0/s1. The van der Waals surface area contributed by atoms with Gasteiger partial charge in [-0.15, -0.1) is 0 Å². The highest BCUT2D eigenvalue weighted by atomic mass is 16.5. The van der Waals surface area contributed by atoms with Crippen molar-refractivity contribution in [3.8, 4) is 0 Å². The molecule has 0 aliphatic carbocycles. The third kappa shape index (κ3) is 5.00. The van der Waals surface area contributed by atoms with Gasteiger partial charge in [0.05, 0.1) is 31.9 Å². The predicted molar refractivity (Wildman–Crippen MR) is 120 cm³/mol. The minimum absolute atomic E-state index is 0.139. The summed E-state index contributed by atoms with van der Waals surface area (Å²) in [5, 5.41) is 10.9. The Balaban J connectivity index is 1.65. The average Bonchev–Trinajstić information content (AvgIpc) is 3.45. The van der Waals surface area contributed by atoms with Gasteiger partial charge in [0.15, 0.2) is 0 Å². The molecule has 7 nitrogen and oxygen atoms in total. The Morgan fingerprint density at radius 2 is 2.00 bits per heavy atom. The van der Waals surface area contributed by atoms with Gasteiger partial charge in [0, 0.05) is 25.0 Å². The number of rotatable bonds is 8. The highest BCUT2D eigenvalue weighted by molar-refractivity contribution is 5.89. The summed E-state index contributed by atoms with van der Waals surface area (Å²) in [6.07, 6.45) is 2.08. The van der Waals surface area contributed by atoms with Crippen LogP contribution in [-0.2, 0) is 20.7 Å². The molecule has 1 amide bonds. The quantitative estimate of drug-likeness (QED) is 0.547. The first-order valence-electron chi connectivity index (χ1n) is 10.8. The summed E-state index contributed by atoms with van der Waals surface area (Å²) in [6.45, 7) is 1.68. The number of aliphatic hydroxyl groups excluding tert-OH is 1. The number of benzene rings is 2. The molecule has 1 saturated heterocycles. The fraction of sp³-hybridized carbons (Fsp3) is 0.360. The summed E-state index contributed by atoms with van der Waals surface area (Å²) in [7, 11) is 1.32. The molecule has 1 N–H and O–H groups in total. The molecule has 32 heavy (non-hydrogen) atoms. The molecule has 168 valence electrons. The molecule has 1 aliphatic heterocycles. The number of hydrogen-bond donors (Lipinski definition) is 1. The van der Waals surface area contributed by atoms with E-state index in [1.165, 1.54) is 7.11 Å². The fourth-order valence-electron chi connectivity index (χ4n) is 4.33. The molecule has 2 atom stereocenters. The zero-order chi connectivity index (χ0) is 22.5. The zero-order valence-electron chi connectivity index (χ0n) is 18.1. The lowest BCUT2D eigenvalue weighted by atomic mass is 10.0. The van der Waals surface area contributed by atoms with Gasteiger partial charge >= 0.3 is 5.97 Å². The van der Waals surface area contributed by atoms with Crippen LogP contribution in [0.2, 0.25) is 0 Å². The first kappa shape index (κ1) is 22.0. The van der Waals surface area contributed by atoms with Crippen LogP contribution in [0.3, 0.4) is 0 Å². The van der Waals surface area contributed by atoms with Gasteiger partial charge in [-0.3, -0.25) is 14.5 Å². The van der Waals surface area contributed by atoms with Crippen molar-refractivity contribution < 1.29 is 23.8 Å². The summed E-state index contributed by atoms with van der Waals surface area (Å²) in [6, 6.07) is 16.8. The third-order valence-electron chi connectivity index (χ3n) is 6.01. The monoisotopic (exact) mass is 436 g/mol. The Kier molecular flexibility index (Phi) is 6.87. The molecule has 7 heteroatoms. The molecule has 0 bridgehead atoms. The molecule has 0 unspecified atom stereocenters. The lowest BCUT2D eigenvalue weighted by Crippen LogP contribution is -2.44. The van der Waals surface area contributed by atoms with Crippen molar-refractivity contribution in [2.45, 2.75) is 25.0 Å². The number of nitrogens with zero attached hydrogens (tertiary/aromatic N) is 2. The topological polar surface area (TPSA) is 83.2 Å². The molecule has 3 aromatic rings. The van der Waals surface area contributed by atoms with Gasteiger partial charge in [-0.1, -0.05) is 42.5 Å². The van der Waals surface area contributed by atoms with E-state index in [9.17, 15) is 14.7 Å². The van der Waals surface area contributed by atoms with Crippen molar-refractivity contribution in [3.05, 3.63) is 72.0 Å². The molecule has 0 saturated carbocycles. The first-order valence-corrected chi connectivity index (χ1v) is 10.8. The zero-order valence-corrected chi connectivity index (χ0v) is 18.1. The Hall–Kier alpha value is -3.16. The number of aliphatic hydroxyl groups is 1. The molecule has 1 aliphatic rings. The van der Waals surface area contributed by atoms with Crippen molar-refractivity contribution in [3.63, 3.8) is 0 Å². The Morgan fingerprint density at radius 3 is 2.72 bits per heavy atom. The molecule has 1 fully saturated rings. The minimum atomic E-state index is -0.470. The maximum atomic E-state index is 13.6. The van der Waals surface area contributed by atoms with Crippen LogP contribution in [0.25, 0.3) is 11.0 Å². The number of amides is 1. The third-order valence-corrected chi connectivity index (χ3v) is 6.01. The molecule has 0 radical (unpaired) electrons. The van der Waals surface area contributed by atoms with E-state index in [2.05, 4.69) is 4.90 Å². The van der Waals surface area contributed by atoms with Gasteiger partial charge in [-0.2, -0.15) is 0 Å². The van der Waals surface area contributed by atoms with E-state index in [4.69, 9.17) is 9.15 Å². The number of fused-ring (bicyclic) bond motifs is 1.